The van der Waals surface area contributed by atoms with E-state index in [4.69, 9.17) is 9.47 Å². The lowest BCUT2D eigenvalue weighted by atomic mass is 9.99. The average molecular weight is 733 g/mol. The molecule has 12 nitrogen and oxygen atoms in total. The van der Waals surface area contributed by atoms with Gasteiger partial charge >= 0.3 is 0 Å². The number of fused-ring (bicyclic) bond motifs is 2. The van der Waals surface area contributed by atoms with Crippen LogP contribution in [0, 0.1) is 35.5 Å². The Balaban J connectivity index is 0.000000167. The molecule has 0 bridgehead atoms. The van der Waals surface area contributed by atoms with Crippen LogP contribution in [0.4, 0.5) is 0 Å². The number of benzene rings is 2. The standard InChI is InChI=1S/2C21H22N2O4/c2*1-22-21(26)18-8-13(19(24)9-14-15-10-27-11-16(14)15)7-17(23-18)20(25)12-5-3-2-4-6-12/h2*2-8,14-16,20,25H,9-11H2,1H3,(H,22,26)/t2*14?,15-,16+,20-/m10/s1. The summed E-state index contributed by atoms with van der Waals surface area (Å²) in [5, 5.41) is 26.4. The number of hydrogen-bond donors (Lipinski definition) is 4. The minimum absolute atomic E-state index is 0.0246. The fourth-order valence-electron chi connectivity index (χ4n) is 7.79. The maximum absolute atomic E-state index is 12.8. The van der Waals surface area contributed by atoms with E-state index in [1.54, 1.807) is 36.4 Å². The molecule has 54 heavy (non-hydrogen) atoms. The van der Waals surface area contributed by atoms with Crippen LogP contribution in [0.1, 0.15) is 89.3 Å². The number of pyridine rings is 2. The lowest BCUT2D eigenvalue weighted by molar-refractivity contribution is 0.0936. The molecular weight excluding hydrogens is 688 g/mol. The summed E-state index contributed by atoms with van der Waals surface area (Å²) in [6.45, 7) is 2.95. The molecule has 4 N–H and O–H groups in total. The van der Waals surface area contributed by atoms with Crippen molar-refractivity contribution in [2.24, 2.45) is 35.5 Å². The molecule has 4 heterocycles. The third kappa shape index (κ3) is 8.02. The van der Waals surface area contributed by atoms with Gasteiger partial charge in [-0.3, -0.25) is 19.2 Å². The number of ketones is 2. The molecule has 12 heteroatoms. The number of amides is 2. The molecular formula is C42H44N4O8. The van der Waals surface area contributed by atoms with Gasteiger partial charge in [0.2, 0.25) is 0 Å². The van der Waals surface area contributed by atoms with Gasteiger partial charge in [-0.1, -0.05) is 60.7 Å². The minimum atomic E-state index is -1.00. The second-order valence-corrected chi connectivity index (χ2v) is 14.4. The summed E-state index contributed by atoms with van der Waals surface area (Å²) in [4.78, 5) is 58.4. The number of aliphatic hydroxyl groups is 2. The van der Waals surface area contributed by atoms with Gasteiger partial charge in [0.05, 0.1) is 37.8 Å². The Kier molecular flexibility index (Phi) is 11.1. The summed E-state index contributed by atoms with van der Waals surface area (Å²) in [7, 11) is 3.02. The molecule has 2 aromatic heterocycles. The molecule has 2 saturated heterocycles. The quantitative estimate of drug-likeness (QED) is 0.156. The lowest BCUT2D eigenvalue weighted by Gasteiger charge is -2.14. The fraction of sp³-hybridized carbons (Fsp3) is 0.381. The van der Waals surface area contributed by atoms with Crippen LogP contribution in [0.15, 0.2) is 84.9 Å². The monoisotopic (exact) mass is 732 g/mol. The zero-order valence-corrected chi connectivity index (χ0v) is 30.2. The molecule has 0 radical (unpaired) electrons. The fourth-order valence-corrected chi connectivity index (χ4v) is 7.79. The van der Waals surface area contributed by atoms with Crippen molar-refractivity contribution in [2.45, 2.75) is 25.0 Å². The second-order valence-electron chi connectivity index (χ2n) is 14.4. The Morgan fingerprint density at radius 3 is 1.30 bits per heavy atom. The number of ether oxygens (including phenoxy) is 2. The number of carbonyl (C=O) groups excluding carboxylic acids is 4. The number of Topliss-reactive ketones (excluding diaryl/α,β-unsaturated/α-hetero) is 2. The van der Waals surface area contributed by atoms with Crippen LogP contribution in [0.3, 0.4) is 0 Å². The Bertz CT molecular complexity index is 1860. The van der Waals surface area contributed by atoms with E-state index in [2.05, 4.69) is 20.6 Å². The van der Waals surface area contributed by atoms with E-state index in [9.17, 15) is 29.4 Å². The molecule has 8 atom stereocenters. The molecule has 0 spiro atoms. The number of rotatable bonds is 12. The second kappa shape index (κ2) is 16.1. The smallest absolute Gasteiger partial charge is 0.269 e. The average Bonchev–Trinajstić information content (AvgIpc) is 3.80. The Morgan fingerprint density at radius 2 is 0.963 bits per heavy atom. The third-order valence-electron chi connectivity index (χ3n) is 11.1. The molecule has 2 unspecified atom stereocenters. The van der Waals surface area contributed by atoms with E-state index < -0.39 is 12.2 Å². The SMILES string of the molecule is CNC(=O)c1cc(C(=O)CC2[C@H]3COC[C@@H]23)cc([C@@H](O)c2ccccc2)n1.CNC(=O)c1cc(C(=O)CC2[C@H]3COC[C@@H]23)cc([C@H](O)c2ccccc2)n1. The maximum atomic E-state index is 12.8. The van der Waals surface area contributed by atoms with Gasteiger partial charge in [-0.25, -0.2) is 9.97 Å². The van der Waals surface area contributed by atoms with E-state index >= 15 is 0 Å². The Morgan fingerprint density at radius 1 is 0.611 bits per heavy atom. The van der Waals surface area contributed by atoms with Crippen LogP contribution in [-0.4, -0.2) is 84.1 Å². The van der Waals surface area contributed by atoms with Crippen molar-refractivity contribution in [3.05, 3.63) is 130 Å². The minimum Gasteiger partial charge on any atom is -0.382 e. The van der Waals surface area contributed by atoms with Crippen LogP contribution < -0.4 is 10.6 Å². The third-order valence-corrected chi connectivity index (χ3v) is 11.1. The number of nitrogens with one attached hydrogen (secondary N) is 2. The topological polar surface area (TPSA) is 177 Å². The van der Waals surface area contributed by atoms with Crippen molar-refractivity contribution >= 4 is 23.4 Å². The highest BCUT2D eigenvalue weighted by molar-refractivity contribution is 6.01. The van der Waals surface area contributed by atoms with Gasteiger partial charge in [0.15, 0.2) is 11.6 Å². The number of nitrogens with zero attached hydrogens (tertiary/aromatic N) is 2. The van der Waals surface area contributed by atoms with Crippen LogP contribution in [-0.2, 0) is 9.47 Å². The van der Waals surface area contributed by atoms with Gasteiger partial charge < -0.3 is 30.3 Å². The highest BCUT2D eigenvalue weighted by Crippen LogP contribution is 2.53. The Hall–Kier alpha value is -5.14. The highest BCUT2D eigenvalue weighted by Gasteiger charge is 2.55. The van der Waals surface area contributed by atoms with Crippen LogP contribution in [0.5, 0.6) is 0 Å². The van der Waals surface area contributed by atoms with Crippen molar-refractivity contribution in [3.63, 3.8) is 0 Å². The summed E-state index contributed by atoms with van der Waals surface area (Å²) in [6, 6.07) is 24.3. The van der Waals surface area contributed by atoms with Gasteiger partial charge in [0.25, 0.3) is 11.8 Å². The molecule has 2 amide bonds. The van der Waals surface area contributed by atoms with Crippen molar-refractivity contribution in [1.82, 2.24) is 20.6 Å². The van der Waals surface area contributed by atoms with E-state index in [1.807, 2.05) is 36.4 Å². The van der Waals surface area contributed by atoms with E-state index in [0.29, 0.717) is 82.0 Å². The van der Waals surface area contributed by atoms with Gasteiger partial charge in [-0.05, 0) is 70.9 Å². The van der Waals surface area contributed by atoms with Gasteiger partial charge in [0.1, 0.15) is 23.6 Å². The first-order valence-corrected chi connectivity index (χ1v) is 18.3. The zero-order chi connectivity index (χ0) is 37.9. The summed E-state index contributed by atoms with van der Waals surface area (Å²) >= 11 is 0. The summed E-state index contributed by atoms with van der Waals surface area (Å²) in [5.41, 5.74) is 3.01. The van der Waals surface area contributed by atoms with Crippen molar-refractivity contribution in [3.8, 4) is 0 Å². The molecule has 4 aromatic rings. The van der Waals surface area contributed by atoms with E-state index in [-0.39, 0.29) is 34.8 Å². The van der Waals surface area contributed by atoms with Crippen molar-refractivity contribution in [1.29, 1.82) is 0 Å². The predicted molar refractivity (Wildman–Crippen MR) is 197 cm³/mol. The molecule has 2 aliphatic heterocycles. The van der Waals surface area contributed by atoms with E-state index in [1.165, 1.54) is 26.2 Å². The molecule has 2 aromatic carbocycles. The zero-order valence-electron chi connectivity index (χ0n) is 30.2. The first-order chi connectivity index (χ1) is 26.2. The lowest BCUT2D eigenvalue weighted by Crippen LogP contribution is -2.21. The van der Waals surface area contributed by atoms with Gasteiger partial charge in [-0.2, -0.15) is 0 Å². The van der Waals surface area contributed by atoms with Crippen molar-refractivity contribution in [2.75, 3.05) is 40.5 Å². The molecule has 8 rings (SSSR count). The summed E-state index contributed by atoms with van der Waals surface area (Å²) in [6.07, 6.45) is -1.12. The van der Waals surface area contributed by atoms with Crippen molar-refractivity contribution < 1.29 is 38.9 Å². The number of hydrogen-bond acceptors (Lipinski definition) is 10. The first-order valence-electron chi connectivity index (χ1n) is 18.3. The number of aliphatic hydroxyl groups excluding tert-OH is 2. The maximum Gasteiger partial charge on any atom is 0.269 e. The molecule has 2 aliphatic carbocycles. The van der Waals surface area contributed by atoms with Gasteiger partial charge in [-0.15, -0.1) is 0 Å². The molecule has 4 fully saturated rings. The van der Waals surface area contributed by atoms with Gasteiger partial charge in [0, 0.05) is 38.1 Å². The van der Waals surface area contributed by atoms with Crippen LogP contribution >= 0.6 is 0 Å². The molecule has 280 valence electrons. The van der Waals surface area contributed by atoms with E-state index in [0.717, 1.165) is 26.4 Å². The largest absolute Gasteiger partial charge is 0.382 e. The normalized spacial score (nSPS) is 24.1. The van der Waals surface area contributed by atoms with Crippen LogP contribution in [0.2, 0.25) is 0 Å². The first kappa shape index (κ1) is 37.2. The highest BCUT2D eigenvalue weighted by atomic mass is 16.5. The molecule has 4 aliphatic rings. The van der Waals surface area contributed by atoms with Crippen LogP contribution in [0.25, 0.3) is 0 Å². The predicted octanol–water partition coefficient (Wildman–Crippen LogP) is 3.98. The Labute approximate surface area is 313 Å². The summed E-state index contributed by atoms with van der Waals surface area (Å²) in [5.74, 6) is 1.87. The number of aromatic nitrogens is 2. The molecule has 2 saturated carbocycles. The summed E-state index contributed by atoms with van der Waals surface area (Å²) < 4.78 is 10.8. The number of carbonyl (C=O) groups is 4.